The lowest BCUT2D eigenvalue weighted by Gasteiger charge is -2.07. The van der Waals surface area contributed by atoms with E-state index in [2.05, 4.69) is 17.2 Å². The third-order valence-corrected chi connectivity index (χ3v) is 3.08. The molecule has 0 radical (unpaired) electrons. The van der Waals surface area contributed by atoms with Gasteiger partial charge in [-0.25, -0.2) is 0 Å². The van der Waals surface area contributed by atoms with Crippen LogP contribution < -0.4 is 5.32 Å². The number of benzene rings is 1. The summed E-state index contributed by atoms with van der Waals surface area (Å²) >= 11 is 11.7. The number of carbonyl (C=O) groups excluding carboxylic acids is 1. The molecule has 1 heterocycles. The van der Waals surface area contributed by atoms with E-state index in [0.717, 1.165) is 0 Å². The third kappa shape index (κ3) is 4.02. The molecule has 0 spiro atoms. The van der Waals surface area contributed by atoms with E-state index in [-0.39, 0.29) is 17.4 Å². The number of carbonyl (C=O) groups is 1. The summed E-state index contributed by atoms with van der Waals surface area (Å²) in [5, 5.41) is 12.0. The van der Waals surface area contributed by atoms with Gasteiger partial charge in [-0.2, -0.15) is 0 Å². The highest BCUT2D eigenvalue weighted by atomic mass is 35.5. The van der Waals surface area contributed by atoms with E-state index in [0.29, 0.717) is 22.7 Å². The lowest BCUT2D eigenvalue weighted by atomic mass is 10.1. The van der Waals surface area contributed by atoms with E-state index < -0.39 is 5.91 Å². The van der Waals surface area contributed by atoms with E-state index in [1.54, 1.807) is 18.2 Å². The van der Waals surface area contributed by atoms with Gasteiger partial charge in [0.1, 0.15) is 0 Å². The highest BCUT2D eigenvalue weighted by Gasteiger charge is 2.14. The van der Waals surface area contributed by atoms with Crippen molar-refractivity contribution in [3.05, 3.63) is 51.9 Å². The van der Waals surface area contributed by atoms with Gasteiger partial charge < -0.3 is 14.8 Å². The SMILES string of the molecule is O=C(Nc1ccc(Cl)cc1C#CCCO)c1ccoc1Cl. The van der Waals surface area contributed by atoms with Gasteiger partial charge in [-0.05, 0) is 35.9 Å². The molecule has 0 saturated heterocycles. The minimum absolute atomic E-state index is 0.0226. The quantitative estimate of drug-likeness (QED) is 0.849. The minimum Gasteiger partial charge on any atom is -0.452 e. The van der Waals surface area contributed by atoms with Crippen molar-refractivity contribution in [2.45, 2.75) is 6.42 Å². The van der Waals surface area contributed by atoms with Crippen LogP contribution in [0.5, 0.6) is 0 Å². The fraction of sp³-hybridized carbons (Fsp3) is 0.133. The monoisotopic (exact) mass is 323 g/mol. The molecule has 0 aliphatic rings. The number of halogens is 2. The third-order valence-electron chi connectivity index (χ3n) is 2.55. The Bertz CT molecular complexity index is 713. The average Bonchev–Trinajstić information content (AvgIpc) is 2.88. The number of aliphatic hydroxyl groups excluding tert-OH is 1. The summed E-state index contributed by atoms with van der Waals surface area (Å²) in [6.45, 7) is -0.0279. The van der Waals surface area contributed by atoms with Crippen molar-refractivity contribution in [3.8, 4) is 11.8 Å². The lowest BCUT2D eigenvalue weighted by molar-refractivity contribution is 0.102. The summed E-state index contributed by atoms with van der Waals surface area (Å²) < 4.78 is 4.88. The molecule has 0 aliphatic carbocycles. The van der Waals surface area contributed by atoms with Crippen LogP contribution in [0, 0.1) is 11.8 Å². The van der Waals surface area contributed by atoms with Gasteiger partial charge in [0, 0.05) is 17.0 Å². The molecule has 2 N–H and O–H groups in total. The minimum atomic E-state index is -0.402. The fourth-order valence-electron chi connectivity index (χ4n) is 1.59. The first kappa shape index (κ1) is 15.5. The molecule has 0 aliphatic heterocycles. The first-order valence-electron chi connectivity index (χ1n) is 6.05. The van der Waals surface area contributed by atoms with Gasteiger partial charge in [0.15, 0.2) is 0 Å². The van der Waals surface area contributed by atoms with Crippen molar-refractivity contribution in [3.63, 3.8) is 0 Å². The number of hydrogen-bond donors (Lipinski definition) is 2. The molecule has 0 fully saturated rings. The Hall–Kier alpha value is -1.93. The Morgan fingerprint density at radius 1 is 1.33 bits per heavy atom. The van der Waals surface area contributed by atoms with Crippen molar-refractivity contribution in [1.29, 1.82) is 0 Å². The number of rotatable bonds is 3. The maximum absolute atomic E-state index is 12.1. The zero-order valence-corrected chi connectivity index (χ0v) is 12.3. The van der Waals surface area contributed by atoms with Crippen LogP contribution in [0.15, 0.2) is 34.9 Å². The van der Waals surface area contributed by atoms with Gasteiger partial charge in [0.25, 0.3) is 5.91 Å². The number of aliphatic hydroxyl groups is 1. The van der Waals surface area contributed by atoms with Crippen molar-refractivity contribution in [2.24, 2.45) is 0 Å². The smallest absolute Gasteiger partial charge is 0.260 e. The second-order valence-electron chi connectivity index (χ2n) is 4.03. The Kier molecular flexibility index (Phi) is 5.29. The molecule has 4 nitrogen and oxygen atoms in total. The van der Waals surface area contributed by atoms with Gasteiger partial charge in [-0.15, -0.1) is 0 Å². The first-order chi connectivity index (χ1) is 10.1. The first-order valence-corrected chi connectivity index (χ1v) is 6.81. The van der Waals surface area contributed by atoms with Crippen LogP contribution in [0.2, 0.25) is 10.2 Å². The fourth-order valence-corrected chi connectivity index (χ4v) is 1.96. The lowest BCUT2D eigenvalue weighted by Crippen LogP contribution is -2.12. The molecule has 2 aromatic rings. The van der Waals surface area contributed by atoms with E-state index in [1.165, 1.54) is 12.3 Å². The van der Waals surface area contributed by atoms with Crippen LogP contribution in [0.1, 0.15) is 22.3 Å². The second kappa shape index (κ2) is 7.19. The summed E-state index contributed by atoms with van der Waals surface area (Å²) in [6.07, 6.45) is 1.68. The Labute approximate surface area is 131 Å². The van der Waals surface area contributed by atoms with Gasteiger partial charge in [0.2, 0.25) is 5.22 Å². The van der Waals surface area contributed by atoms with Gasteiger partial charge in [0.05, 0.1) is 24.1 Å². The van der Waals surface area contributed by atoms with E-state index in [9.17, 15) is 4.79 Å². The number of furan rings is 1. The zero-order chi connectivity index (χ0) is 15.2. The highest BCUT2D eigenvalue weighted by Crippen LogP contribution is 2.23. The summed E-state index contributed by atoms with van der Waals surface area (Å²) in [7, 11) is 0. The van der Waals surface area contributed by atoms with Crippen LogP contribution in [0.25, 0.3) is 0 Å². The number of nitrogens with one attached hydrogen (secondary N) is 1. The average molecular weight is 324 g/mol. The second-order valence-corrected chi connectivity index (χ2v) is 4.81. The molecule has 1 aromatic carbocycles. The number of amides is 1. The van der Waals surface area contributed by atoms with Crippen molar-refractivity contribution in [2.75, 3.05) is 11.9 Å². The Morgan fingerprint density at radius 2 is 2.14 bits per heavy atom. The highest BCUT2D eigenvalue weighted by molar-refractivity contribution is 6.33. The molecule has 2 rings (SSSR count). The van der Waals surface area contributed by atoms with Crippen LogP contribution in [-0.4, -0.2) is 17.6 Å². The predicted octanol–water partition coefficient (Wildman–Crippen LogP) is 3.57. The van der Waals surface area contributed by atoms with Gasteiger partial charge in [-0.3, -0.25) is 4.79 Å². The molecule has 0 unspecified atom stereocenters. The molecule has 1 amide bonds. The largest absolute Gasteiger partial charge is 0.452 e. The van der Waals surface area contributed by atoms with Crippen LogP contribution in [0.3, 0.4) is 0 Å². The molecule has 21 heavy (non-hydrogen) atoms. The van der Waals surface area contributed by atoms with Crippen molar-refractivity contribution < 1.29 is 14.3 Å². The van der Waals surface area contributed by atoms with Crippen LogP contribution in [0.4, 0.5) is 5.69 Å². The molecular weight excluding hydrogens is 313 g/mol. The number of hydrogen-bond acceptors (Lipinski definition) is 3. The summed E-state index contributed by atoms with van der Waals surface area (Å²) in [4.78, 5) is 12.1. The maximum Gasteiger partial charge on any atom is 0.260 e. The van der Waals surface area contributed by atoms with Gasteiger partial charge >= 0.3 is 0 Å². The molecule has 6 heteroatoms. The van der Waals surface area contributed by atoms with Crippen molar-refractivity contribution in [1.82, 2.24) is 0 Å². The molecular formula is C15H11Cl2NO3. The Balaban J connectivity index is 2.26. The molecule has 108 valence electrons. The van der Waals surface area contributed by atoms with Crippen LogP contribution in [-0.2, 0) is 0 Å². The predicted molar refractivity (Wildman–Crippen MR) is 81.7 cm³/mol. The molecule has 0 saturated carbocycles. The molecule has 0 atom stereocenters. The maximum atomic E-state index is 12.1. The number of anilines is 1. The van der Waals surface area contributed by atoms with E-state index in [1.807, 2.05) is 0 Å². The van der Waals surface area contributed by atoms with Gasteiger partial charge in [-0.1, -0.05) is 23.4 Å². The topological polar surface area (TPSA) is 62.5 Å². The molecule has 1 aromatic heterocycles. The summed E-state index contributed by atoms with van der Waals surface area (Å²) in [6, 6.07) is 6.41. The van der Waals surface area contributed by atoms with E-state index >= 15 is 0 Å². The van der Waals surface area contributed by atoms with Crippen LogP contribution >= 0.6 is 23.2 Å². The molecule has 0 bridgehead atoms. The van der Waals surface area contributed by atoms with E-state index in [4.69, 9.17) is 32.7 Å². The van der Waals surface area contributed by atoms with Crippen molar-refractivity contribution >= 4 is 34.8 Å². The summed E-state index contributed by atoms with van der Waals surface area (Å²) in [5.41, 5.74) is 1.30. The standard InChI is InChI=1S/C15H11Cl2NO3/c16-11-4-5-13(10(9-11)3-1-2-7-19)18-15(20)12-6-8-21-14(12)17/h4-6,8-9,19H,2,7H2,(H,18,20). The normalized spacial score (nSPS) is 9.86. The summed E-state index contributed by atoms with van der Waals surface area (Å²) in [5.74, 6) is 5.24. The Morgan fingerprint density at radius 3 is 2.81 bits per heavy atom. The zero-order valence-electron chi connectivity index (χ0n) is 10.8.